The van der Waals surface area contributed by atoms with Crippen LogP contribution in [0.2, 0.25) is 5.02 Å². The van der Waals surface area contributed by atoms with Gasteiger partial charge >= 0.3 is 0 Å². The summed E-state index contributed by atoms with van der Waals surface area (Å²) in [7, 11) is 0. The zero-order chi connectivity index (χ0) is 13.7. The number of nitrogens with one attached hydrogen (secondary N) is 2. The molecule has 1 aliphatic rings. The van der Waals surface area contributed by atoms with E-state index in [1.807, 2.05) is 31.2 Å². The molecular formula is C15H22ClN2O+. The smallest absolute Gasteiger partial charge is 0.275 e. The van der Waals surface area contributed by atoms with Crippen molar-refractivity contribution in [3.05, 3.63) is 34.9 Å². The predicted octanol–water partition coefficient (Wildman–Crippen LogP) is 1.59. The van der Waals surface area contributed by atoms with Crippen LogP contribution in [0.1, 0.15) is 37.8 Å². The Morgan fingerprint density at radius 1 is 1.37 bits per heavy atom. The number of likely N-dealkylation sites (tertiary alicyclic amines) is 1. The fourth-order valence-corrected chi connectivity index (χ4v) is 2.81. The molecule has 1 saturated heterocycles. The lowest BCUT2D eigenvalue weighted by molar-refractivity contribution is -0.896. The van der Waals surface area contributed by atoms with Gasteiger partial charge in [-0.1, -0.05) is 23.7 Å². The number of carbonyl (C=O) groups excluding carboxylic acids is 1. The van der Waals surface area contributed by atoms with E-state index in [-0.39, 0.29) is 11.9 Å². The molecule has 1 fully saturated rings. The van der Waals surface area contributed by atoms with Crippen molar-refractivity contribution in [2.24, 2.45) is 0 Å². The lowest BCUT2D eigenvalue weighted by atomic mass is 10.1. The van der Waals surface area contributed by atoms with Gasteiger partial charge in [-0.15, -0.1) is 0 Å². The third-order valence-corrected chi connectivity index (χ3v) is 3.93. The Morgan fingerprint density at radius 3 is 2.79 bits per heavy atom. The van der Waals surface area contributed by atoms with Crippen LogP contribution in [0.5, 0.6) is 0 Å². The minimum absolute atomic E-state index is 0.00962. The van der Waals surface area contributed by atoms with Gasteiger partial charge in [0.05, 0.1) is 19.1 Å². The van der Waals surface area contributed by atoms with E-state index < -0.39 is 0 Å². The van der Waals surface area contributed by atoms with Crippen molar-refractivity contribution in [3.8, 4) is 0 Å². The first-order valence-corrected chi connectivity index (χ1v) is 7.41. The second kappa shape index (κ2) is 6.92. The molecule has 1 atom stereocenters. The zero-order valence-corrected chi connectivity index (χ0v) is 12.2. The number of carbonyl (C=O) groups is 1. The van der Waals surface area contributed by atoms with Crippen molar-refractivity contribution in [3.63, 3.8) is 0 Å². The van der Waals surface area contributed by atoms with Gasteiger partial charge in [0, 0.05) is 5.02 Å². The van der Waals surface area contributed by atoms with Crippen LogP contribution in [-0.2, 0) is 4.79 Å². The van der Waals surface area contributed by atoms with Crippen LogP contribution >= 0.6 is 11.6 Å². The predicted molar refractivity (Wildman–Crippen MR) is 77.4 cm³/mol. The van der Waals surface area contributed by atoms with E-state index in [1.165, 1.54) is 24.2 Å². The number of halogens is 1. The number of piperidine rings is 1. The fourth-order valence-electron chi connectivity index (χ4n) is 2.61. The van der Waals surface area contributed by atoms with Crippen molar-refractivity contribution in [1.82, 2.24) is 5.32 Å². The first-order valence-electron chi connectivity index (χ1n) is 7.03. The van der Waals surface area contributed by atoms with Gasteiger partial charge in [0.15, 0.2) is 6.54 Å². The summed E-state index contributed by atoms with van der Waals surface area (Å²) in [6.45, 7) is 4.83. The quantitative estimate of drug-likeness (QED) is 0.863. The van der Waals surface area contributed by atoms with Crippen LogP contribution in [-0.4, -0.2) is 25.5 Å². The Kier molecular flexibility index (Phi) is 5.23. The molecular weight excluding hydrogens is 260 g/mol. The van der Waals surface area contributed by atoms with E-state index in [1.54, 1.807) is 0 Å². The maximum absolute atomic E-state index is 12.0. The van der Waals surface area contributed by atoms with Crippen LogP contribution in [0.15, 0.2) is 24.3 Å². The molecule has 0 saturated carbocycles. The second-order valence-electron chi connectivity index (χ2n) is 5.33. The maximum atomic E-state index is 12.0. The average molecular weight is 282 g/mol. The van der Waals surface area contributed by atoms with Crippen molar-refractivity contribution >= 4 is 17.5 Å². The number of rotatable bonds is 4. The molecule has 0 aliphatic carbocycles. The maximum Gasteiger partial charge on any atom is 0.275 e. The van der Waals surface area contributed by atoms with Gasteiger partial charge in [0.2, 0.25) is 0 Å². The molecule has 1 aliphatic heterocycles. The summed E-state index contributed by atoms with van der Waals surface area (Å²) in [6, 6.07) is 7.66. The van der Waals surface area contributed by atoms with E-state index in [0.717, 1.165) is 18.7 Å². The van der Waals surface area contributed by atoms with Crippen LogP contribution in [0, 0.1) is 0 Å². The van der Waals surface area contributed by atoms with Crippen LogP contribution in [0.4, 0.5) is 0 Å². The van der Waals surface area contributed by atoms with Crippen LogP contribution in [0.3, 0.4) is 0 Å². The summed E-state index contributed by atoms with van der Waals surface area (Å²) in [6.07, 6.45) is 3.79. The lowest BCUT2D eigenvalue weighted by Gasteiger charge is -2.23. The highest BCUT2D eigenvalue weighted by Gasteiger charge is 2.18. The van der Waals surface area contributed by atoms with Gasteiger partial charge in [-0.05, 0) is 43.9 Å². The Bertz CT molecular complexity index is 430. The lowest BCUT2D eigenvalue weighted by Crippen LogP contribution is -3.13. The number of hydrogen-bond donors (Lipinski definition) is 2. The summed E-state index contributed by atoms with van der Waals surface area (Å²) < 4.78 is 0. The minimum atomic E-state index is 0.00962. The average Bonchev–Trinajstić information content (AvgIpc) is 2.39. The summed E-state index contributed by atoms with van der Waals surface area (Å²) in [5.41, 5.74) is 1.05. The molecule has 2 rings (SSSR count). The molecule has 0 unspecified atom stereocenters. The Labute approximate surface area is 119 Å². The monoisotopic (exact) mass is 281 g/mol. The third-order valence-electron chi connectivity index (χ3n) is 3.70. The molecule has 1 heterocycles. The molecule has 0 spiro atoms. The first-order chi connectivity index (χ1) is 9.15. The highest BCUT2D eigenvalue weighted by atomic mass is 35.5. The van der Waals surface area contributed by atoms with Crippen molar-refractivity contribution in [2.75, 3.05) is 19.6 Å². The topological polar surface area (TPSA) is 33.5 Å². The molecule has 1 amide bonds. The molecule has 1 aromatic rings. The largest absolute Gasteiger partial charge is 0.345 e. The van der Waals surface area contributed by atoms with Gasteiger partial charge in [-0.2, -0.15) is 0 Å². The van der Waals surface area contributed by atoms with Crippen molar-refractivity contribution < 1.29 is 9.69 Å². The number of quaternary nitrogens is 1. The summed E-state index contributed by atoms with van der Waals surface area (Å²) in [5, 5.41) is 3.76. The van der Waals surface area contributed by atoms with E-state index in [9.17, 15) is 4.79 Å². The van der Waals surface area contributed by atoms with Gasteiger partial charge in [-0.3, -0.25) is 4.79 Å². The molecule has 1 aromatic carbocycles. The van der Waals surface area contributed by atoms with Gasteiger partial charge < -0.3 is 10.2 Å². The van der Waals surface area contributed by atoms with Crippen molar-refractivity contribution in [2.45, 2.75) is 32.2 Å². The fraction of sp³-hybridized carbons (Fsp3) is 0.533. The normalized spacial score (nSPS) is 18.0. The van der Waals surface area contributed by atoms with E-state index in [2.05, 4.69) is 5.32 Å². The van der Waals surface area contributed by atoms with Crippen LogP contribution in [0.25, 0.3) is 0 Å². The molecule has 0 radical (unpaired) electrons. The summed E-state index contributed by atoms with van der Waals surface area (Å²) in [5.74, 6) is 0.129. The molecule has 2 N–H and O–H groups in total. The molecule has 19 heavy (non-hydrogen) atoms. The number of benzene rings is 1. The molecule has 0 aromatic heterocycles. The summed E-state index contributed by atoms with van der Waals surface area (Å²) >= 11 is 5.96. The standard InChI is InChI=1S/C15H21ClN2O/c1-12(13-6-5-7-14(16)10-13)17-15(19)11-18-8-3-2-4-9-18/h5-7,10,12H,2-4,8-9,11H2,1H3,(H,17,19)/p+1/t12-/m0/s1. The Morgan fingerprint density at radius 2 is 2.11 bits per heavy atom. The third kappa shape index (κ3) is 4.51. The van der Waals surface area contributed by atoms with Gasteiger partial charge in [0.1, 0.15) is 0 Å². The highest BCUT2D eigenvalue weighted by molar-refractivity contribution is 6.30. The molecule has 3 nitrogen and oxygen atoms in total. The number of amides is 1. The van der Waals surface area contributed by atoms with Gasteiger partial charge in [0.25, 0.3) is 5.91 Å². The van der Waals surface area contributed by atoms with E-state index >= 15 is 0 Å². The molecule has 4 heteroatoms. The second-order valence-corrected chi connectivity index (χ2v) is 5.77. The van der Waals surface area contributed by atoms with Gasteiger partial charge in [-0.25, -0.2) is 0 Å². The highest BCUT2D eigenvalue weighted by Crippen LogP contribution is 2.16. The molecule has 104 valence electrons. The zero-order valence-electron chi connectivity index (χ0n) is 11.4. The summed E-state index contributed by atoms with van der Waals surface area (Å²) in [4.78, 5) is 13.4. The van der Waals surface area contributed by atoms with E-state index in [4.69, 9.17) is 11.6 Å². The number of hydrogen-bond acceptors (Lipinski definition) is 1. The SMILES string of the molecule is C[C@H](NC(=O)C[NH+]1CCCCC1)c1cccc(Cl)c1. The Hall–Kier alpha value is -1.06. The Balaban J connectivity index is 1.84. The van der Waals surface area contributed by atoms with E-state index in [0.29, 0.717) is 11.6 Å². The minimum Gasteiger partial charge on any atom is -0.345 e. The molecule has 0 bridgehead atoms. The van der Waals surface area contributed by atoms with Crippen LogP contribution < -0.4 is 10.2 Å². The van der Waals surface area contributed by atoms with Crippen molar-refractivity contribution in [1.29, 1.82) is 0 Å². The first kappa shape index (κ1) is 14.4.